The molecule has 0 saturated carbocycles. The van der Waals surface area contributed by atoms with Gasteiger partial charge in [0.05, 0.1) is 5.69 Å². The van der Waals surface area contributed by atoms with Gasteiger partial charge in [-0.1, -0.05) is 13.8 Å². The highest BCUT2D eigenvalue weighted by Gasteiger charge is 2.15. The number of nitrogens with one attached hydrogen (secondary N) is 1. The molecule has 0 bridgehead atoms. The Morgan fingerprint density at radius 2 is 1.88 bits per heavy atom. The first-order valence-corrected chi connectivity index (χ1v) is 6.72. The van der Waals surface area contributed by atoms with Crippen molar-refractivity contribution < 1.29 is 0 Å². The lowest BCUT2D eigenvalue weighted by Gasteiger charge is -2.13. The standard InChI is InChI=1S/C14H27N3/c1-7-15-9-11(4)8-14-12(5)16-17(10(2)3)13(14)6/h10-11,15H,7-9H2,1-6H3. The van der Waals surface area contributed by atoms with Gasteiger partial charge in [-0.3, -0.25) is 4.68 Å². The Kier molecular flexibility index (Phi) is 5.19. The quantitative estimate of drug-likeness (QED) is 0.824. The van der Waals surface area contributed by atoms with Crippen LogP contribution in [0.5, 0.6) is 0 Å². The van der Waals surface area contributed by atoms with Crippen LogP contribution in [0, 0.1) is 19.8 Å². The van der Waals surface area contributed by atoms with Gasteiger partial charge in [0.25, 0.3) is 0 Å². The second-order valence-electron chi connectivity index (χ2n) is 5.30. The van der Waals surface area contributed by atoms with Gasteiger partial charge in [0.15, 0.2) is 0 Å². The van der Waals surface area contributed by atoms with Crippen LogP contribution in [0.4, 0.5) is 0 Å². The highest BCUT2D eigenvalue weighted by molar-refractivity contribution is 5.25. The van der Waals surface area contributed by atoms with Gasteiger partial charge in [-0.15, -0.1) is 0 Å². The Bertz CT molecular complexity index is 353. The van der Waals surface area contributed by atoms with Crippen molar-refractivity contribution in [2.75, 3.05) is 13.1 Å². The summed E-state index contributed by atoms with van der Waals surface area (Å²) in [6.45, 7) is 15.3. The monoisotopic (exact) mass is 237 g/mol. The summed E-state index contributed by atoms with van der Waals surface area (Å²) >= 11 is 0. The second kappa shape index (κ2) is 6.20. The maximum absolute atomic E-state index is 4.64. The molecule has 0 aromatic carbocycles. The van der Waals surface area contributed by atoms with Crippen molar-refractivity contribution in [3.8, 4) is 0 Å². The van der Waals surface area contributed by atoms with Gasteiger partial charge in [-0.25, -0.2) is 0 Å². The van der Waals surface area contributed by atoms with Crippen LogP contribution in [0.3, 0.4) is 0 Å². The Balaban J connectivity index is 2.77. The number of aromatic nitrogens is 2. The number of rotatable bonds is 6. The summed E-state index contributed by atoms with van der Waals surface area (Å²) in [5.41, 5.74) is 3.96. The summed E-state index contributed by atoms with van der Waals surface area (Å²) in [6.07, 6.45) is 1.12. The van der Waals surface area contributed by atoms with E-state index in [4.69, 9.17) is 0 Å². The molecule has 0 spiro atoms. The van der Waals surface area contributed by atoms with E-state index in [9.17, 15) is 0 Å². The molecule has 0 fully saturated rings. The fourth-order valence-corrected chi connectivity index (χ4v) is 2.31. The van der Waals surface area contributed by atoms with Crippen LogP contribution in [-0.4, -0.2) is 22.9 Å². The molecule has 3 nitrogen and oxygen atoms in total. The summed E-state index contributed by atoms with van der Waals surface area (Å²) in [5, 5.41) is 8.05. The van der Waals surface area contributed by atoms with E-state index < -0.39 is 0 Å². The van der Waals surface area contributed by atoms with Gasteiger partial charge in [-0.2, -0.15) is 5.10 Å². The van der Waals surface area contributed by atoms with E-state index in [0.717, 1.165) is 19.5 Å². The van der Waals surface area contributed by atoms with Crippen molar-refractivity contribution in [2.45, 2.75) is 54.0 Å². The zero-order valence-corrected chi connectivity index (χ0v) is 12.2. The molecule has 0 radical (unpaired) electrons. The van der Waals surface area contributed by atoms with Gasteiger partial charge >= 0.3 is 0 Å². The first-order valence-electron chi connectivity index (χ1n) is 6.72. The average molecular weight is 237 g/mol. The predicted molar refractivity (Wildman–Crippen MR) is 73.5 cm³/mol. The summed E-state index contributed by atoms with van der Waals surface area (Å²) < 4.78 is 2.14. The van der Waals surface area contributed by atoms with E-state index >= 15 is 0 Å². The number of aryl methyl sites for hydroxylation is 1. The van der Waals surface area contributed by atoms with Gasteiger partial charge in [-0.05, 0) is 58.7 Å². The summed E-state index contributed by atoms with van der Waals surface area (Å²) in [4.78, 5) is 0. The van der Waals surface area contributed by atoms with E-state index in [-0.39, 0.29) is 0 Å². The zero-order chi connectivity index (χ0) is 13.0. The molecule has 0 aliphatic heterocycles. The van der Waals surface area contributed by atoms with Crippen LogP contribution in [0.15, 0.2) is 0 Å². The lowest BCUT2D eigenvalue weighted by molar-refractivity contribution is 0.507. The smallest absolute Gasteiger partial charge is 0.0628 e. The second-order valence-corrected chi connectivity index (χ2v) is 5.30. The summed E-state index contributed by atoms with van der Waals surface area (Å²) in [7, 11) is 0. The van der Waals surface area contributed by atoms with E-state index in [2.05, 4.69) is 56.6 Å². The van der Waals surface area contributed by atoms with Gasteiger partial charge < -0.3 is 5.32 Å². The first kappa shape index (κ1) is 14.2. The van der Waals surface area contributed by atoms with Gasteiger partial charge in [0.1, 0.15) is 0 Å². The minimum atomic E-state index is 0.450. The summed E-state index contributed by atoms with van der Waals surface area (Å²) in [5.74, 6) is 0.664. The molecular weight excluding hydrogens is 210 g/mol. The normalized spacial score (nSPS) is 13.4. The Morgan fingerprint density at radius 1 is 1.24 bits per heavy atom. The van der Waals surface area contributed by atoms with Crippen LogP contribution in [0.25, 0.3) is 0 Å². The molecule has 17 heavy (non-hydrogen) atoms. The van der Waals surface area contributed by atoms with Crippen LogP contribution in [0.1, 0.15) is 50.7 Å². The summed E-state index contributed by atoms with van der Waals surface area (Å²) in [6, 6.07) is 0.450. The van der Waals surface area contributed by atoms with E-state index in [1.54, 1.807) is 0 Å². The number of nitrogens with zero attached hydrogens (tertiary/aromatic N) is 2. The van der Waals surface area contributed by atoms with Crippen molar-refractivity contribution in [2.24, 2.45) is 5.92 Å². The fourth-order valence-electron chi connectivity index (χ4n) is 2.31. The van der Waals surface area contributed by atoms with Crippen molar-refractivity contribution in [1.82, 2.24) is 15.1 Å². The Labute approximate surface area is 106 Å². The van der Waals surface area contributed by atoms with Crippen LogP contribution >= 0.6 is 0 Å². The van der Waals surface area contributed by atoms with Crippen molar-refractivity contribution in [1.29, 1.82) is 0 Å². The molecule has 1 heterocycles. The fraction of sp³-hybridized carbons (Fsp3) is 0.786. The van der Waals surface area contributed by atoms with E-state index in [1.807, 2.05) is 0 Å². The largest absolute Gasteiger partial charge is 0.317 e. The minimum absolute atomic E-state index is 0.450. The molecule has 0 saturated heterocycles. The lowest BCUT2D eigenvalue weighted by Crippen LogP contribution is -2.22. The number of hydrogen-bond acceptors (Lipinski definition) is 2. The molecule has 0 aliphatic carbocycles. The van der Waals surface area contributed by atoms with Crippen LogP contribution in [-0.2, 0) is 6.42 Å². The first-order chi connectivity index (χ1) is 7.97. The molecule has 98 valence electrons. The third kappa shape index (κ3) is 3.56. The maximum atomic E-state index is 4.64. The van der Waals surface area contributed by atoms with Crippen molar-refractivity contribution >= 4 is 0 Å². The highest BCUT2D eigenvalue weighted by atomic mass is 15.3. The Morgan fingerprint density at radius 3 is 2.35 bits per heavy atom. The molecule has 1 unspecified atom stereocenters. The van der Waals surface area contributed by atoms with Crippen LogP contribution < -0.4 is 5.32 Å². The number of hydrogen-bond donors (Lipinski definition) is 1. The third-order valence-electron chi connectivity index (χ3n) is 3.26. The zero-order valence-electron chi connectivity index (χ0n) is 12.2. The highest BCUT2D eigenvalue weighted by Crippen LogP contribution is 2.20. The Hall–Kier alpha value is -0.830. The molecule has 1 atom stereocenters. The molecule has 0 aliphatic rings. The van der Waals surface area contributed by atoms with Crippen LogP contribution in [0.2, 0.25) is 0 Å². The molecule has 3 heteroatoms. The van der Waals surface area contributed by atoms with E-state index in [1.165, 1.54) is 17.0 Å². The minimum Gasteiger partial charge on any atom is -0.317 e. The van der Waals surface area contributed by atoms with Crippen molar-refractivity contribution in [3.05, 3.63) is 17.0 Å². The van der Waals surface area contributed by atoms with Gasteiger partial charge in [0, 0.05) is 11.7 Å². The lowest BCUT2D eigenvalue weighted by atomic mass is 9.99. The molecule has 1 N–H and O–H groups in total. The molecule has 1 aromatic rings. The maximum Gasteiger partial charge on any atom is 0.0628 e. The van der Waals surface area contributed by atoms with E-state index in [0.29, 0.717) is 12.0 Å². The topological polar surface area (TPSA) is 29.9 Å². The average Bonchev–Trinajstić information content (AvgIpc) is 2.54. The van der Waals surface area contributed by atoms with Gasteiger partial charge in [0.2, 0.25) is 0 Å². The third-order valence-corrected chi connectivity index (χ3v) is 3.26. The molecule has 1 rings (SSSR count). The van der Waals surface area contributed by atoms with Crippen molar-refractivity contribution in [3.63, 3.8) is 0 Å². The molecule has 1 aromatic heterocycles. The predicted octanol–water partition coefficient (Wildman–Crippen LogP) is 2.87. The molecule has 0 amide bonds. The molecular formula is C14H27N3. The SMILES string of the molecule is CCNCC(C)Cc1c(C)nn(C(C)C)c1C.